The van der Waals surface area contributed by atoms with Gasteiger partial charge in [-0.3, -0.25) is 4.79 Å². The molecule has 0 saturated heterocycles. The van der Waals surface area contributed by atoms with E-state index >= 15 is 0 Å². The Morgan fingerprint density at radius 1 is 1.27 bits per heavy atom. The second-order valence-electron chi connectivity index (χ2n) is 4.20. The zero-order valence-electron chi connectivity index (χ0n) is 11.5. The molecule has 1 aromatic carbocycles. The lowest BCUT2D eigenvalue weighted by Gasteiger charge is -2.03. The van der Waals surface area contributed by atoms with E-state index in [1.54, 1.807) is 30.3 Å². The number of nitrogens with one attached hydrogen (secondary N) is 1. The molecule has 6 heteroatoms. The molecule has 0 spiro atoms. The van der Waals surface area contributed by atoms with Gasteiger partial charge in [-0.25, -0.2) is 4.79 Å². The van der Waals surface area contributed by atoms with Gasteiger partial charge in [0.1, 0.15) is 5.76 Å². The zero-order chi connectivity index (χ0) is 15.9. The highest BCUT2D eigenvalue weighted by molar-refractivity contribution is 6.33. The van der Waals surface area contributed by atoms with E-state index < -0.39 is 18.5 Å². The number of amides is 1. The number of rotatable bonds is 5. The number of furan rings is 1. The van der Waals surface area contributed by atoms with E-state index in [-0.39, 0.29) is 12.3 Å². The molecular weight excluding hydrogens is 306 g/mol. The Bertz CT molecular complexity index is 730. The van der Waals surface area contributed by atoms with Crippen molar-refractivity contribution < 1.29 is 18.7 Å². The van der Waals surface area contributed by atoms with E-state index in [1.807, 2.05) is 0 Å². The first-order valence-corrected chi connectivity index (χ1v) is 6.71. The standard InChI is InChI=1S/C16H12ClNO4/c1-2-9-18-15(19)10-21-16(20)14-8-7-13(22-14)11-5-3-4-6-12(11)17/h1,3-8H,9-10H2,(H,18,19). The predicted molar refractivity (Wildman–Crippen MR) is 81.3 cm³/mol. The molecule has 22 heavy (non-hydrogen) atoms. The number of halogens is 1. The normalized spacial score (nSPS) is 9.82. The van der Waals surface area contributed by atoms with Gasteiger partial charge in [-0.15, -0.1) is 6.42 Å². The summed E-state index contributed by atoms with van der Waals surface area (Å²) in [5.74, 6) is 1.44. The summed E-state index contributed by atoms with van der Waals surface area (Å²) in [6, 6.07) is 10.1. The summed E-state index contributed by atoms with van der Waals surface area (Å²) in [4.78, 5) is 23.1. The maximum absolute atomic E-state index is 11.8. The van der Waals surface area contributed by atoms with E-state index in [4.69, 9.17) is 27.2 Å². The van der Waals surface area contributed by atoms with Crippen molar-refractivity contribution in [2.45, 2.75) is 0 Å². The van der Waals surface area contributed by atoms with Gasteiger partial charge >= 0.3 is 5.97 Å². The van der Waals surface area contributed by atoms with Gasteiger partial charge in [-0.2, -0.15) is 0 Å². The van der Waals surface area contributed by atoms with Crippen LogP contribution >= 0.6 is 11.6 Å². The molecule has 0 aliphatic carbocycles. The number of terminal acetylenes is 1. The van der Waals surface area contributed by atoms with Crippen molar-refractivity contribution in [1.82, 2.24) is 5.32 Å². The Morgan fingerprint density at radius 3 is 2.77 bits per heavy atom. The molecule has 0 unspecified atom stereocenters. The lowest BCUT2D eigenvalue weighted by atomic mass is 10.2. The first-order chi connectivity index (χ1) is 10.6. The highest BCUT2D eigenvalue weighted by atomic mass is 35.5. The molecule has 0 aliphatic heterocycles. The first kappa shape index (κ1) is 15.7. The average Bonchev–Trinajstić information content (AvgIpc) is 3.00. The molecule has 0 atom stereocenters. The van der Waals surface area contributed by atoms with Gasteiger partial charge in [0.2, 0.25) is 5.76 Å². The molecular formula is C16H12ClNO4. The Balaban J connectivity index is 2.00. The van der Waals surface area contributed by atoms with Crippen molar-refractivity contribution in [1.29, 1.82) is 0 Å². The van der Waals surface area contributed by atoms with Gasteiger partial charge in [-0.05, 0) is 24.3 Å². The molecule has 0 saturated carbocycles. The maximum atomic E-state index is 11.8. The molecule has 0 radical (unpaired) electrons. The highest BCUT2D eigenvalue weighted by Crippen LogP contribution is 2.29. The maximum Gasteiger partial charge on any atom is 0.374 e. The lowest BCUT2D eigenvalue weighted by Crippen LogP contribution is -2.28. The molecule has 1 amide bonds. The van der Waals surface area contributed by atoms with Gasteiger partial charge in [0.05, 0.1) is 11.6 Å². The molecule has 1 N–H and O–H groups in total. The molecule has 1 heterocycles. The number of ether oxygens (including phenoxy) is 1. The van der Waals surface area contributed by atoms with Crippen LogP contribution in [0.2, 0.25) is 5.02 Å². The van der Waals surface area contributed by atoms with Crippen molar-refractivity contribution in [3.8, 4) is 23.7 Å². The lowest BCUT2D eigenvalue weighted by molar-refractivity contribution is -0.124. The van der Waals surface area contributed by atoms with Crippen LogP contribution in [0.15, 0.2) is 40.8 Å². The fraction of sp³-hybridized carbons (Fsp3) is 0.125. The Kier molecular flexibility index (Phi) is 5.23. The molecule has 5 nitrogen and oxygen atoms in total. The average molecular weight is 318 g/mol. The van der Waals surface area contributed by atoms with Crippen LogP contribution in [0.4, 0.5) is 0 Å². The predicted octanol–water partition coefficient (Wildman–Crippen LogP) is 2.51. The fourth-order valence-corrected chi connectivity index (χ4v) is 1.89. The summed E-state index contributed by atoms with van der Waals surface area (Å²) in [5, 5.41) is 2.88. The van der Waals surface area contributed by atoms with Gasteiger partial charge < -0.3 is 14.5 Å². The number of esters is 1. The second kappa shape index (κ2) is 7.34. The van der Waals surface area contributed by atoms with Gasteiger partial charge in [-0.1, -0.05) is 29.7 Å². The van der Waals surface area contributed by atoms with Crippen molar-refractivity contribution in [2.24, 2.45) is 0 Å². The SMILES string of the molecule is C#CCNC(=O)COC(=O)c1ccc(-c2ccccc2Cl)o1. The summed E-state index contributed by atoms with van der Waals surface area (Å²) in [5.41, 5.74) is 0.662. The van der Waals surface area contributed by atoms with E-state index in [0.29, 0.717) is 16.3 Å². The number of hydrogen-bond donors (Lipinski definition) is 1. The van der Waals surface area contributed by atoms with E-state index in [9.17, 15) is 9.59 Å². The van der Waals surface area contributed by atoms with Crippen LogP contribution in [0.1, 0.15) is 10.6 Å². The van der Waals surface area contributed by atoms with Crippen LogP contribution in [-0.2, 0) is 9.53 Å². The Labute approximate surface area is 132 Å². The van der Waals surface area contributed by atoms with Crippen LogP contribution in [0.3, 0.4) is 0 Å². The highest BCUT2D eigenvalue weighted by Gasteiger charge is 2.16. The largest absolute Gasteiger partial charge is 0.450 e. The number of hydrogen-bond acceptors (Lipinski definition) is 4. The summed E-state index contributed by atoms with van der Waals surface area (Å²) < 4.78 is 10.2. The molecule has 1 aromatic heterocycles. The van der Waals surface area contributed by atoms with E-state index in [2.05, 4.69) is 11.2 Å². The zero-order valence-corrected chi connectivity index (χ0v) is 12.2. The monoisotopic (exact) mass is 317 g/mol. The first-order valence-electron chi connectivity index (χ1n) is 6.34. The van der Waals surface area contributed by atoms with Crippen LogP contribution in [0.25, 0.3) is 11.3 Å². The number of carbonyl (C=O) groups is 2. The van der Waals surface area contributed by atoms with Crippen molar-refractivity contribution in [2.75, 3.05) is 13.2 Å². The Morgan fingerprint density at radius 2 is 2.05 bits per heavy atom. The van der Waals surface area contributed by atoms with Crippen LogP contribution in [0, 0.1) is 12.3 Å². The summed E-state index contributed by atoms with van der Waals surface area (Å²) in [6.07, 6.45) is 5.00. The smallest absolute Gasteiger partial charge is 0.374 e. The van der Waals surface area contributed by atoms with Gasteiger partial charge in [0, 0.05) is 5.56 Å². The molecule has 2 rings (SSSR count). The van der Waals surface area contributed by atoms with E-state index in [0.717, 1.165) is 0 Å². The number of benzene rings is 1. The topological polar surface area (TPSA) is 68.5 Å². The van der Waals surface area contributed by atoms with Crippen LogP contribution < -0.4 is 5.32 Å². The molecule has 0 aliphatic rings. The van der Waals surface area contributed by atoms with Crippen LogP contribution in [0.5, 0.6) is 0 Å². The van der Waals surface area contributed by atoms with E-state index in [1.165, 1.54) is 6.07 Å². The van der Waals surface area contributed by atoms with Crippen molar-refractivity contribution in [3.63, 3.8) is 0 Å². The summed E-state index contributed by atoms with van der Waals surface area (Å²) >= 11 is 6.05. The van der Waals surface area contributed by atoms with Crippen molar-refractivity contribution >= 4 is 23.5 Å². The number of carbonyl (C=O) groups excluding carboxylic acids is 2. The third kappa shape index (κ3) is 3.90. The Hall–Kier alpha value is -2.71. The van der Waals surface area contributed by atoms with Crippen LogP contribution in [-0.4, -0.2) is 25.0 Å². The minimum Gasteiger partial charge on any atom is -0.450 e. The third-order valence-electron chi connectivity index (χ3n) is 2.67. The fourth-order valence-electron chi connectivity index (χ4n) is 1.66. The van der Waals surface area contributed by atoms with Gasteiger partial charge in [0.15, 0.2) is 6.61 Å². The molecule has 0 fully saturated rings. The van der Waals surface area contributed by atoms with Crippen molar-refractivity contribution in [3.05, 3.63) is 47.2 Å². The minimum absolute atomic E-state index is 0.0142. The quantitative estimate of drug-likeness (QED) is 0.679. The minimum atomic E-state index is -0.742. The molecule has 112 valence electrons. The third-order valence-corrected chi connectivity index (χ3v) is 3.00. The van der Waals surface area contributed by atoms with Gasteiger partial charge in [0.25, 0.3) is 5.91 Å². The molecule has 0 bridgehead atoms. The molecule has 2 aromatic rings. The summed E-state index contributed by atoms with van der Waals surface area (Å²) in [6.45, 7) is -0.351. The summed E-state index contributed by atoms with van der Waals surface area (Å²) in [7, 11) is 0. The second-order valence-corrected chi connectivity index (χ2v) is 4.61.